The first kappa shape index (κ1) is 13.5. The molecule has 0 amide bonds. The zero-order valence-corrected chi connectivity index (χ0v) is 10.9. The Morgan fingerprint density at radius 3 is 2.84 bits per heavy atom. The summed E-state index contributed by atoms with van der Waals surface area (Å²) >= 11 is 5.65. The van der Waals surface area contributed by atoms with Crippen molar-refractivity contribution >= 4 is 17.4 Å². The van der Waals surface area contributed by atoms with Crippen LogP contribution in [0.5, 0.6) is 5.75 Å². The van der Waals surface area contributed by atoms with Crippen molar-refractivity contribution in [3.05, 3.63) is 58.6 Å². The summed E-state index contributed by atoms with van der Waals surface area (Å²) in [6.07, 6.45) is 2.87. The van der Waals surface area contributed by atoms with E-state index in [2.05, 4.69) is 4.98 Å². The van der Waals surface area contributed by atoms with Crippen molar-refractivity contribution in [1.82, 2.24) is 4.98 Å². The van der Waals surface area contributed by atoms with Crippen LogP contribution in [0.3, 0.4) is 0 Å². The van der Waals surface area contributed by atoms with Crippen LogP contribution >= 0.6 is 11.6 Å². The van der Waals surface area contributed by atoms with Gasteiger partial charge < -0.3 is 4.74 Å². The summed E-state index contributed by atoms with van der Waals surface area (Å²) < 4.78 is 18.9. The Morgan fingerprint density at radius 2 is 2.16 bits per heavy atom. The van der Waals surface area contributed by atoms with Gasteiger partial charge in [-0.2, -0.15) is 0 Å². The largest absolute Gasteiger partial charge is 0.492 e. The average Bonchev–Trinajstić information content (AvgIpc) is 2.39. The van der Waals surface area contributed by atoms with Crippen LogP contribution in [0.25, 0.3) is 0 Å². The van der Waals surface area contributed by atoms with Crippen LogP contribution in [0, 0.1) is 5.82 Å². The summed E-state index contributed by atoms with van der Waals surface area (Å²) in [5.41, 5.74) is 0.229. The SMILES string of the molecule is CCOc1cncc(C(=O)c2ccc(Cl)cc2F)c1. The summed E-state index contributed by atoms with van der Waals surface area (Å²) in [6, 6.07) is 5.46. The number of hydrogen-bond acceptors (Lipinski definition) is 3. The third-order valence-electron chi connectivity index (χ3n) is 2.46. The lowest BCUT2D eigenvalue weighted by atomic mass is 10.0. The minimum absolute atomic E-state index is 0.0418. The number of nitrogens with zero attached hydrogens (tertiary/aromatic N) is 1. The molecule has 98 valence electrons. The summed E-state index contributed by atoms with van der Waals surface area (Å²) in [5.74, 6) is -0.634. The van der Waals surface area contributed by atoms with Crippen molar-refractivity contribution in [2.45, 2.75) is 6.92 Å². The Labute approximate surface area is 115 Å². The lowest BCUT2D eigenvalue weighted by Crippen LogP contribution is -2.05. The third kappa shape index (κ3) is 3.09. The zero-order chi connectivity index (χ0) is 13.8. The molecular formula is C14H11ClFNO2. The van der Waals surface area contributed by atoms with Crippen LogP contribution in [0.2, 0.25) is 5.02 Å². The maximum absolute atomic E-state index is 13.7. The monoisotopic (exact) mass is 279 g/mol. The number of carbonyl (C=O) groups is 1. The van der Waals surface area contributed by atoms with Gasteiger partial charge >= 0.3 is 0 Å². The number of carbonyl (C=O) groups excluding carboxylic acids is 1. The Kier molecular flexibility index (Phi) is 4.12. The average molecular weight is 280 g/mol. The predicted octanol–water partition coefficient (Wildman–Crippen LogP) is 3.50. The van der Waals surface area contributed by atoms with E-state index in [1.54, 1.807) is 0 Å². The Bertz CT molecular complexity index is 616. The zero-order valence-electron chi connectivity index (χ0n) is 10.2. The molecule has 0 spiro atoms. The Balaban J connectivity index is 2.35. The molecule has 0 fully saturated rings. The van der Waals surface area contributed by atoms with Gasteiger partial charge in [0.1, 0.15) is 11.6 Å². The van der Waals surface area contributed by atoms with E-state index in [0.717, 1.165) is 6.07 Å². The topological polar surface area (TPSA) is 39.2 Å². The van der Waals surface area contributed by atoms with Crippen LogP contribution < -0.4 is 4.74 Å². The summed E-state index contributed by atoms with van der Waals surface area (Å²) in [6.45, 7) is 2.29. The fourth-order valence-corrected chi connectivity index (χ4v) is 1.78. The van der Waals surface area contributed by atoms with Crippen molar-refractivity contribution in [2.75, 3.05) is 6.61 Å². The highest BCUT2D eigenvalue weighted by atomic mass is 35.5. The number of pyridine rings is 1. The first-order valence-electron chi connectivity index (χ1n) is 5.69. The van der Waals surface area contributed by atoms with Crippen LogP contribution in [0.15, 0.2) is 36.7 Å². The van der Waals surface area contributed by atoms with Crippen molar-refractivity contribution in [1.29, 1.82) is 0 Å². The second-order valence-corrected chi connectivity index (χ2v) is 4.23. The van der Waals surface area contributed by atoms with Crippen LogP contribution in [0.1, 0.15) is 22.8 Å². The standard InChI is InChI=1S/C14H11ClFNO2/c1-2-19-11-5-9(7-17-8-11)14(18)12-4-3-10(15)6-13(12)16/h3-8H,2H2,1H3. The van der Waals surface area contributed by atoms with E-state index in [0.29, 0.717) is 12.4 Å². The number of halogens is 2. The van der Waals surface area contributed by atoms with Crippen LogP contribution in [-0.2, 0) is 0 Å². The molecule has 0 aliphatic rings. The van der Waals surface area contributed by atoms with Crippen molar-refractivity contribution in [3.8, 4) is 5.75 Å². The molecule has 5 heteroatoms. The molecule has 3 nitrogen and oxygen atoms in total. The normalized spacial score (nSPS) is 10.3. The van der Waals surface area contributed by atoms with E-state index in [4.69, 9.17) is 16.3 Å². The van der Waals surface area contributed by atoms with Gasteiger partial charge in [-0.1, -0.05) is 11.6 Å². The van der Waals surface area contributed by atoms with E-state index in [-0.39, 0.29) is 16.1 Å². The molecule has 2 aromatic rings. The minimum Gasteiger partial charge on any atom is -0.492 e. The molecule has 1 heterocycles. The second kappa shape index (κ2) is 5.80. The molecule has 2 rings (SSSR count). The van der Waals surface area contributed by atoms with Crippen molar-refractivity contribution < 1.29 is 13.9 Å². The lowest BCUT2D eigenvalue weighted by Gasteiger charge is -2.06. The predicted molar refractivity (Wildman–Crippen MR) is 70.2 cm³/mol. The number of benzene rings is 1. The highest BCUT2D eigenvalue weighted by molar-refractivity contribution is 6.30. The first-order valence-corrected chi connectivity index (χ1v) is 6.07. The molecule has 0 atom stereocenters. The quantitative estimate of drug-likeness (QED) is 0.804. The number of ether oxygens (including phenoxy) is 1. The van der Waals surface area contributed by atoms with Gasteiger partial charge in [0.05, 0.1) is 18.4 Å². The van der Waals surface area contributed by atoms with Gasteiger partial charge in [0.15, 0.2) is 5.78 Å². The molecule has 0 N–H and O–H groups in total. The molecule has 19 heavy (non-hydrogen) atoms. The first-order chi connectivity index (χ1) is 9.11. The molecule has 0 saturated carbocycles. The van der Waals surface area contributed by atoms with E-state index < -0.39 is 11.6 Å². The lowest BCUT2D eigenvalue weighted by molar-refractivity contribution is 0.103. The summed E-state index contributed by atoms with van der Waals surface area (Å²) in [7, 11) is 0. The molecule has 0 bridgehead atoms. The minimum atomic E-state index is -0.653. The van der Waals surface area contributed by atoms with Crippen molar-refractivity contribution in [3.63, 3.8) is 0 Å². The molecule has 0 saturated heterocycles. The summed E-state index contributed by atoms with van der Waals surface area (Å²) in [5, 5.41) is 0.246. The third-order valence-corrected chi connectivity index (χ3v) is 2.70. The molecular weight excluding hydrogens is 269 g/mol. The van der Waals surface area contributed by atoms with Gasteiger partial charge in [0, 0.05) is 16.8 Å². The molecule has 0 unspecified atom stereocenters. The van der Waals surface area contributed by atoms with Crippen molar-refractivity contribution in [2.24, 2.45) is 0 Å². The van der Waals surface area contributed by atoms with E-state index >= 15 is 0 Å². The Morgan fingerprint density at radius 1 is 1.37 bits per heavy atom. The maximum Gasteiger partial charge on any atom is 0.197 e. The van der Waals surface area contributed by atoms with Crippen LogP contribution in [0.4, 0.5) is 4.39 Å². The smallest absolute Gasteiger partial charge is 0.197 e. The number of hydrogen-bond donors (Lipinski definition) is 0. The highest BCUT2D eigenvalue weighted by Crippen LogP contribution is 2.19. The van der Waals surface area contributed by atoms with E-state index in [1.807, 2.05) is 6.92 Å². The van der Waals surface area contributed by atoms with E-state index in [1.165, 1.54) is 30.6 Å². The highest BCUT2D eigenvalue weighted by Gasteiger charge is 2.15. The summed E-state index contributed by atoms with van der Waals surface area (Å²) in [4.78, 5) is 16.1. The van der Waals surface area contributed by atoms with E-state index in [9.17, 15) is 9.18 Å². The fourth-order valence-electron chi connectivity index (χ4n) is 1.62. The molecule has 0 radical (unpaired) electrons. The molecule has 0 aliphatic carbocycles. The number of aromatic nitrogens is 1. The van der Waals surface area contributed by atoms with Gasteiger partial charge in [-0.3, -0.25) is 9.78 Å². The second-order valence-electron chi connectivity index (χ2n) is 3.80. The molecule has 1 aromatic carbocycles. The van der Waals surface area contributed by atoms with Gasteiger partial charge in [0.25, 0.3) is 0 Å². The van der Waals surface area contributed by atoms with Gasteiger partial charge in [-0.05, 0) is 31.2 Å². The molecule has 0 aliphatic heterocycles. The van der Waals surface area contributed by atoms with Gasteiger partial charge in [-0.15, -0.1) is 0 Å². The van der Waals surface area contributed by atoms with Gasteiger partial charge in [0.2, 0.25) is 0 Å². The van der Waals surface area contributed by atoms with Gasteiger partial charge in [-0.25, -0.2) is 4.39 Å². The number of rotatable bonds is 4. The molecule has 1 aromatic heterocycles. The van der Waals surface area contributed by atoms with Crippen LogP contribution in [-0.4, -0.2) is 17.4 Å². The fraction of sp³-hybridized carbons (Fsp3) is 0.143. The maximum atomic E-state index is 13.7. The number of ketones is 1. The Hall–Kier alpha value is -1.94.